The van der Waals surface area contributed by atoms with Crippen LogP contribution >= 0.6 is 11.3 Å². The van der Waals surface area contributed by atoms with E-state index in [0.717, 1.165) is 28.4 Å². The van der Waals surface area contributed by atoms with Crippen LogP contribution in [0.1, 0.15) is 19.0 Å². The zero-order chi connectivity index (χ0) is 13.7. The summed E-state index contributed by atoms with van der Waals surface area (Å²) in [6.45, 7) is 2.75. The number of nitrogen functional groups attached to an aromatic ring is 1. The predicted octanol–water partition coefficient (Wildman–Crippen LogP) is 2.46. The minimum atomic E-state index is 0.0241. The number of benzene rings is 1. The summed E-state index contributed by atoms with van der Waals surface area (Å²) in [7, 11) is 0. The molecule has 100 valence electrons. The van der Waals surface area contributed by atoms with Crippen molar-refractivity contribution in [3.05, 3.63) is 35.3 Å². The van der Waals surface area contributed by atoms with Gasteiger partial charge in [0.15, 0.2) is 0 Å². The Morgan fingerprint density at radius 1 is 1.37 bits per heavy atom. The summed E-state index contributed by atoms with van der Waals surface area (Å²) >= 11 is 1.54. The molecule has 0 atom stereocenters. The summed E-state index contributed by atoms with van der Waals surface area (Å²) in [5, 5.41) is 5.69. The van der Waals surface area contributed by atoms with Crippen LogP contribution in [0.3, 0.4) is 0 Å². The molecule has 0 aliphatic rings. The third-order valence-corrected chi connectivity index (χ3v) is 3.56. The predicted molar refractivity (Wildman–Crippen MR) is 79.0 cm³/mol. The van der Waals surface area contributed by atoms with E-state index in [-0.39, 0.29) is 5.91 Å². The van der Waals surface area contributed by atoms with Crippen LogP contribution < -0.4 is 11.1 Å². The van der Waals surface area contributed by atoms with Crippen LogP contribution in [-0.2, 0) is 11.2 Å². The van der Waals surface area contributed by atoms with Gasteiger partial charge in [-0.15, -0.1) is 11.3 Å². The van der Waals surface area contributed by atoms with Crippen LogP contribution in [0.15, 0.2) is 29.6 Å². The summed E-state index contributed by atoms with van der Waals surface area (Å²) in [6, 6.07) is 7.58. The molecule has 0 spiro atoms. The van der Waals surface area contributed by atoms with Gasteiger partial charge >= 0.3 is 0 Å². The Hall–Kier alpha value is -1.88. The fraction of sp³-hybridized carbons (Fsp3) is 0.286. The lowest BCUT2D eigenvalue weighted by Gasteiger charge is -2.00. The molecule has 5 heteroatoms. The van der Waals surface area contributed by atoms with Gasteiger partial charge in [0.05, 0.1) is 12.1 Å². The highest BCUT2D eigenvalue weighted by atomic mass is 32.1. The molecule has 1 aromatic heterocycles. The minimum absolute atomic E-state index is 0.0241. The van der Waals surface area contributed by atoms with Gasteiger partial charge < -0.3 is 11.1 Å². The molecule has 2 aromatic rings. The molecule has 0 radical (unpaired) electrons. The number of amides is 1. The Morgan fingerprint density at radius 3 is 2.79 bits per heavy atom. The number of hydrogen-bond acceptors (Lipinski definition) is 4. The van der Waals surface area contributed by atoms with Crippen LogP contribution in [0.25, 0.3) is 10.6 Å². The number of carbonyl (C=O) groups excluding carboxylic acids is 1. The van der Waals surface area contributed by atoms with Crippen molar-refractivity contribution in [2.45, 2.75) is 19.8 Å². The maximum Gasteiger partial charge on any atom is 0.226 e. The quantitative estimate of drug-likeness (QED) is 0.824. The lowest BCUT2D eigenvalue weighted by atomic mass is 10.2. The second-order valence-electron chi connectivity index (χ2n) is 4.29. The van der Waals surface area contributed by atoms with Gasteiger partial charge in [-0.1, -0.05) is 6.92 Å². The third kappa shape index (κ3) is 3.79. The van der Waals surface area contributed by atoms with E-state index in [4.69, 9.17) is 5.73 Å². The van der Waals surface area contributed by atoms with Gasteiger partial charge in [-0.2, -0.15) is 0 Å². The lowest BCUT2D eigenvalue weighted by molar-refractivity contribution is -0.120. The number of nitrogens with two attached hydrogens (primary N) is 1. The van der Waals surface area contributed by atoms with Gasteiger partial charge in [0.2, 0.25) is 5.91 Å². The summed E-state index contributed by atoms with van der Waals surface area (Å²) in [5.74, 6) is 0.0241. The van der Waals surface area contributed by atoms with Gasteiger partial charge in [-0.25, -0.2) is 4.98 Å². The maximum absolute atomic E-state index is 11.6. The van der Waals surface area contributed by atoms with Crippen molar-refractivity contribution >= 4 is 22.9 Å². The van der Waals surface area contributed by atoms with E-state index in [9.17, 15) is 4.79 Å². The fourth-order valence-electron chi connectivity index (χ4n) is 1.64. The van der Waals surface area contributed by atoms with E-state index < -0.39 is 0 Å². The van der Waals surface area contributed by atoms with Crippen LogP contribution in [-0.4, -0.2) is 17.4 Å². The van der Waals surface area contributed by atoms with Gasteiger partial charge in [-0.3, -0.25) is 4.79 Å². The van der Waals surface area contributed by atoms with Crippen molar-refractivity contribution in [2.75, 3.05) is 12.3 Å². The summed E-state index contributed by atoms with van der Waals surface area (Å²) in [6.07, 6.45) is 1.28. The Kier molecular flexibility index (Phi) is 4.52. The summed E-state index contributed by atoms with van der Waals surface area (Å²) in [5.41, 5.74) is 8.23. The van der Waals surface area contributed by atoms with Crippen LogP contribution in [0.2, 0.25) is 0 Å². The average Bonchev–Trinajstić information content (AvgIpc) is 2.85. The minimum Gasteiger partial charge on any atom is -0.399 e. The average molecular weight is 275 g/mol. The number of carbonyl (C=O) groups is 1. The molecule has 19 heavy (non-hydrogen) atoms. The van der Waals surface area contributed by atoms with E-state index in [2.05, 4.69) is 10.3 Å². The molecular formula is C14H17N3OS. The number of aromatic nitrogens is 1. The van der Waals surface area contributed by atoms with E-state index >= 15 is 0 Å². The summed E-state index contributed by atoms with van der Waals surface area (Å²) in [4.78, 5) is 16.1. The second kappa shape index (κ2) is 6.33. The zero-order valence-corrected chi connectivity index (χ0v) is 11.7. The summed E-state index contributed by atoms with van der Waals surface area (Å²) < 4.78 is 0. The molecule has 0 bridgehead atoms. The first-order chi connectivity index (χ1) is 9.19. The van der Waals surface area contributed by atoms with Crippen molar-refractivity contribution < 1.29 is 4.79 Å². The molecule has 1 heterocycles. The van der Waals surface area contributed by atoms with E-state index in [1.54, 1.807) is 11.3 Å². The Balaban J connectivity index is 2.02. The molecule has 1 aromatic carbocycles. The number of hydrogen-bond donors (Lipinski definition) is 2. The molecule has 0 aliphatic carbocycles. The molecule has 4 nitrogen and oxygen atoms in total. The van der Waals surface area contributed by atoms with E-state index in [1.165, 1.54) is 0 Å². The first-order valence-electron chi connectivity index (χ1n) is 6.26. The van der Waals surface area contributed by atoms with Crippen molar-refractivity contribution in [2.24, 2.45) is 0 Å². The van der Waals surface area contributed by atoms with Crippen LogP contribution in [0.5, 0.6) is 0 Å². The third-order valence-electron chi connectivity index (χ3n) is 2.62. The zero-order valence-electron chi connectivity index (χ0n) is 10.8. The Labute approximate surface area is 116 Å². The highest BCUT2D eigenvalue weighted by Gasteiger charge is 2.08. The largest absolute Gasteiger partial charge is 0.399 e. The van der Waals surface area contributed by atoms with Gasteiger partial charge in [-0.05, 0) is 30.7 Å². The molecule has 2 rings (SSSR count). The van der Waals surface area contributed by atoms with Crippen molar-refractivity contribution in [3.63, 3.8) is 0 Å². The lowest BCUT2D eigenvalue weighted by Crippen LogP contribution is -2.25. The van der Waals surface area contributed by atoms with Gasteiger partial charge in [0, 0.05) is 23.2 Å². The molecule has 0 fully saturated rings. The smallest absolute Gasteiger partial charge is 0.226 e. The normalized spacial score (nSPS) is 10.4. The maximum atomic E-state index is 11.6. The Morgan fingerprint density at radius 2 is 2.11 bits per heavy atom. The number of nitrogens with zero attached hydrogens (tertiary/aromatic N) is 1. The Bertz CT molecular complexity index is 548. The van der Waals surface area contributed by atoms with Crippen molar-refractivity contribution in [1.29, 1.82) is 0 Å². The molecule has 0 saturated carbocycles. The molecule has 1 amide bonds. The van der Waals surface area contributed by atoms with Crippen LogP contribution in [0.4, 0.5) is 5.69 Å². The molecule has 0 saturated heterocycles. The first kappa shape index (κ1) is 13.5. The number of anilines is 1. The van der Waals surface area contributed by atoms with E-state index in [1.807, 2.05) is 36.6 Å². The highest BCUT2D eigenvalue weighted by Crippen LogP contribution is 2.24. The monoisotopic (exact) mass is 275 g/mol. The fourth-order valence-corrected chi connectivity index (χ4v) is 2.46. The van der Waals surface area contributed by atoms with Crippen molar-refractivity contribution in [3.8, 4) is 10.6 Å². The molecule has 3 N–H and O–H groups in total. The number of thiazole rings is 1. The first-order valence-corrected chi connectivity index (χ1v) is 7.14. The van der Waals surface area contributed by atoms with E-state index in [0.29, 0.717) is 13.0 Å². The van der Waals surface area contributed by atoms with Crippen LogP contribution in [0, 0.1) is 0 Å². The molecule has 0 aliphatic heterocycles. The van der Waals surface area contributed by atoms with Gasteiger partial charge in [0.25, 0.3) is 0 Å². The highest BCUT2D eigenvalue weighted by molar-refractivity contribution is 7.13. The number of nitrogens with one attached hydrogen (secondary N) is 1. The molecular weight excluding hydrogens is 258 g/mol. The van der Waals surface area contributed by atoms with Crippen molar-refractivity contribution in [1.82, 2.24) is 10.3 Å². The topological polar surface area (TPSA) is 68.0 Å². The molecule has 0 unspecified atom stereocenters. The second-order valence-corrected chi connectivity index (χ2v) is 5.15. The number of rotatable bonds is 5. The standard InChI is InChI=1S/C14H17N3OS/c1-2-7-16-13(18)8-12-9-19-14(17-12)10-3-5-11(15)6-4-10/h3-6,9H,2,7-8,15H2,1H3,(H,16,18). The SMILES string of the molecule is CCCNC(=O)Cc1csc(-c2ccc(N)cc2)n1. The van der Waals surface area contributed by atoms with Gasteiger partial charge in [0.1, 0.15) is 5.01 Å².